The number of carbonyl (C=O) groups is 1. The molecule has 0 bridgehead atoms. The molecule has 0 unspecified atom stereocenters. The van der Waals surface area contributed by atoms with Crippen molar-refractivity contribution in [2.75, 3.05) is 11.1 Å². The van der Waals surface area contributed by atoms with E-state index in [2.05, 4.69) is 15.6 Å². The van der Waals surface area contributed by atoms with Crippen molar-refractivity contribution in [2.24, 2.45) is 5.73 Å². The fourth-order valence-corrected chi connectivity index (χ4v) is 3.64. The normalized spacial score (nSPS) is 10.4. The molecule has 1 amide bonds. The van der Waals surface area contributed by atoms with Gasteiger partial charge in [-0.05, 0) is 37.6 Å². The maximum atomic E-state index is 13.2. The molecule has 8 N–H and O–H groups in total. The first kappa shape index (κ1) is 28.4. The van der Waals surface area contributed by atoms with E-state index in [9.17, 15) is 14.1 Å². The van der Waals surface area contributed by atoms with E-state index in [1.165, 1.54) is 10.8 Å². The number of carbonyl (C=O) groups excluding carboxylic acids is 1. The number of amides is 1. The van der Waals surface area contributed by atoms with Gasteiger partial charge in [0.1, 0.15) is 12.4 Å². The minimum atomic E-state index is -0.451. The van der Waals surface area contributed by atoms with Crippen LogP contribution in [0.2, 0.25) is 0 Å². The standard InChI is InChI=1S/C23H27N7O3S.C2H6/c1-13(2)29-22-23(32)30(19(11-28-22)16-7-17(24)9-18(8-16)34-33)12-20(31)27-10-14-3-5-15(6-4-14)21(25)26;1-2/h3-9,11,13,33H,10,12,24H2,1-2H3,(H3,25,26)(H,27,31)(H,28,29);1-2H3. The van der Waals surface area contributed by atoms with E-state index in [-0.39, 0.29) is 36.7 Å². The van der Waals surface area contributed by atoms with Crippen molar-refractivity contribution in [1.29, 1.82) is 5.41 Å². The van der Waals surface area contributed by atoms with Gasteiger partial charge in [0, 0.05) is 46.3 Å². The average molecular weight is 512 g/mol. The predicted molar refractivity (Wildman–Crippen MR) is 146 cm³/mol. The molecule has 192 valence electrons. The summed E-state index contributed by atoms with van der Waals surface area (Å²) in [5.41, 5.74) is 13.7. The highest BCUT2D eigenvalue weighted by atomic mass is 32.2. The summed E-state index contributed by atoms with van der Waals surface area (Å²) in [6.07, 6.45) is 1.50. The van der Waals surface area contributed by atoms with Gasteiger partial charge in [-0.1, -0.05) is 38.1 Å². The number of nitrogens with one attached hydrogen (secondary N) is 3. The third-order valence-corrected chi connectivity index (χ3v) is 5.31. The Morgan fingerprint density at radius 3 is 2.44 bits per heavy atom. The van der Waals surface area contributed by atoms with Crippen molar-refractivity contribution in [3.8, 4) is 11.3 Å². The summed E-state index contributed by atoms with van der Waals surface area (Å²) in [5, 5.41) is 13.3. The van der Waals surface area contributed by atoms with Crippen LogP contribution in [0, 0.1) is 5.41 Å². The molecule has 0 saturated heterocycles. The number of amidine groups is 1. The van der Waals surface area contributed by atoms with E-state index in [1.807, 2.05) is 27.7 Å². The molecule has 3 rings (SSSR count). The van der Waals surface area contributed by atoms with Gasteiger partial charge >= 0.3 is 0 Å². The predicted octanol–water partition coefficient (Wildman–Crippen LogP) is 3.50. The monoisotopic (exact) mass is 511 g/mol. The zero-order valence-corrected chi connectivity index (χ0v) is 21.6. The van der Waals surface area contributed by atoms with E-state index in [4.69, 9.17) is 16.9 Å². The first-order valence-corrected chi connectivity index (χ1v) is 12.2. The number of hydrogen-bond acceptors (Lipinski definition) is 8. The molecule has 0 spiro atoms. The Kier molecular flexibility index (Phi) is 10.5. The largest absolute Gasteiger partial charge is 0.399 e. The Morgan fingerprint density at radius 2 is 1.86 bits per heavy atom. The fraction of sp³-hybridized carbons (Fsp3) is 0.280. The molecule has 0 atom stereocenters. The molecule has 0 aliphatic carbocycles. The summed E-state index contributed by atoms with van der Waals surface area (Å²) in [4.78, 5) is 30.7. The van der Waals surface area contributed by atoms with E-state index in [1.54, 1.807) is 42.5 Å². The lowest BCUT2D eigenvalue weighted by Crippen LogP contribution is -2.35. The van der Waals surface area contributed by atoms with Crippen LogP contribution in [-0.4, -0.2) is 31.9 Å². The topological polar surface area (TPSA) is 172 Å². The maximum Gasteiger partial charge on any atom is 0.294 e. The molecule has 2 aromatic carbocycles. The minimum absolute atomic E-state index is 0.0314. The summed E-state index contributed by atoms with van der Waals surface area (Å²) in [7, 11) is 0. The highest BCUT2D eigenvalue weighted by Crippen LogP contribution is 2.27. The van der Waals surface area contributed by atoms with Crippen molar-refractivity contribution < 1.29 is 9.35 Å². The maximum absolute atomic E-state index is 13.2. The van der Waals surface area contributed by atoms with Gasteiger partial charge in [0.05, 0.1) is 11.9 Å². The lowest BCUT2D eigenvalue weighted by Gasteiger charge is -2.17. The van der Waals surface area contributed by atoms with Crippen LogP contribution in [0.5, 0.6) is 0 Å². The lowest BCUT2D eigenvalue weighted by molar-refractivity contribution is -0.121. The molecule has 0 saturated carbocycles. The van der Waals surface area contributed by atoms with Crippen LogP contribution in [0.3, 0.4) is 0 Å². The number of anilines is 2. The SMILES string of the molecule is CC.CC(C)Nc1ncc(-c2cc(N)cc(SO)c2)n(CC(=O)NCc2ccc(C(=N)N)cc2)c1=O. The van der Waals surface area contributed by atoms with E-state index in [0.717, 1.165) is 5.56 Å². The van der Waals surface area contributed by atoms with E-state index >= 15 is 0 Å². The van der Waals surface area contributed by atoms with Gasteiger partial charge in [-0.3, -0.25) is 19.6 Å². The van der Waals surface area contributed by atoms with Gasteiger partial charge < -0.3 is 26.7 Å². The van der Waals surface area contributed by atoms with Crippen LogP contribution in [-0.2, 0) is 17.9 Å². The number of rotatable bonds is 9. The molecule has 0 radical (unpaired) electrons. The minimum Gasteiger partial charge on any atom is -0.399 e. The van der Waals surface area contributed by atoms with E-state index in [0.29, 0.717) is 39.4 Å². The molecule has 0 aliphatic rings. The van der Waals surface area contributed by atoms with Gasteiger partial charge in [-0.25, -0.2) is 4.98 Å². The Hall–Kier alpha value is -3.83. The van der Waals surface area contributed by atoms with Crippen molar-refractivity contribution in [1.82, 2.24) is 14.9 Å². The Morgan fingerprint density at radius 1 is 1.19 bits per heavy atom. The third-order valence-electron chi connectivity index (χ3n) is 4.87. The second-order valence-electron chi connectivity index (χ2n) is 7.95. The van der Waals surface area contributed by atoms with Crippen molar-refractivity contribution in [3.63, 3.8) is 0 Å². The molecule has 1 heterocycles. The molecule has 1 aromatic heterocycles. The summed E-state index contributed by atoms with van der Waals surface area (Å²) >= 11 is 0.535. The molecule has 11 heteroatoms. The van der Waals surface area contributed by atoms with Crippen molar-refractivity contribution in [2.45, 2.75) is 51.7 Å². The van der Waals surface area contributed by atoms with Crippen LogP contribution >= 0.6 is 12.0 Å². The molecule has 10 nitrogen and oxygen atoms in total. The molecular formula is C25H33N7O3S. The van der Waals surface area contributed by atoms with Crippen LogP contribution in [0.1, 0.15) is 38.8 Å². The zero-order valence-electron chi connectivity index (χ0n) is 20.8. The summed E-state index contributed by atoms with van der Waals surface area (Å²) in [6, 6.07) is 11.8. The zero-order chi connectivity index (χ0) is 26.8. The second-order valence-corrected chi connectivity index (χ2v) is 8.61. The van der Waals surface area contributed by atoms with Crippen molar-refractivity contribution >= 4 is 35.3 Å². The summed E-state index contributed by atoms with van der Waals surface area (Å²) in [6.45, 7) is 7.76. The molecular weight excluding hydrogens is 478 g/mol. The van der Waals surface area contributed by atoms with Gasteiger partial charge in [-0.15, -0.1) is 0 Å². The first-order chi connectivity index (χ1) is 17.2. The van der Waals surface area contributed by atoms with Gasteiger partial charge in [-0.2, -0.15) is 0 Å². The molecule has 36 heavy (non-hydrogen) atoms. The Labute approximate surface area is 214 Å². The molecule has 0 fully saturated rings. The second kappa shape index (κ2) is 13.3. The number of benzene rings is 2. The fourth-order valence-electron chi connectivity index (χ4n) is 3.27. The molecule has 0 aliphatic heterocycles. The van der Waals surface area contributed by atoms with Gasteiger partial charge in [0.2, 0.25) is 5.91 Å². The summed E-state index contributed by atoms with van der Waals surface area (Å²) in [5.74, 6) is -0.274. The van der Waals surface area contributed by atoms with Crippen LogP contribution < -0.4 is 27.7 Å². The van der Waals surface area contributed by atoms with Gasteiger partial charge in [0.15, 0.2) is 5.82 Å². The average Bonchev–Trinajstić information content (AvgIpc) is 2.86. The quantitative estimate of drug-likeness (QED) is 0.110. The number of nitrogens with two attached hydrogens (primary N) is 2. The van der Waals surface area contributed by atoms with E-state index < -0.39 is 5.56 Å². The first-order valence-electron chi connectivity index (χ1n) is 11.5. The third kappa shape index (κ3) is 7.59. The van der Waals surface area contributed by atoms with Crippen LogP contribution in [0.25, 0.3) is 11.3 Å². The van der Waals surface area contributed by atoms with Crippen molar-refractivity contribution in [3.05, 3.63) is 70.1 Å². The smallest absolute Gasteiger partial charge is 0.294 e. The number of aromatic nitrogens is 2. The van der Waals surface area contributed by atoms with Crippen LogP contribution in [0.4, 0.5) is 11.5 Å². The van der Waals surface area contributed by atoms with Crippen LogP contribution in [0.15, 0.2) is 58.4 Å². The lowest BCUT2D eigenvalue weighted by atomic mass is 10.1. The number of nitrogens with zero attached hydrogens (tertiary/aromatic N) is 2. The Balaban J connectivity index is 0.00000222. The Bertz CT molecular complexity index is 1260. The number of nitrogen functional groups attached to an aromatic ring is 2. The molecule has 3 aromatic rings. The number of hydrogen-bond donors (Lipinski definition) is 6. The summed E-state index contributed by atoms with van der Waals surface area (Å²) < 4.78 is 10.8. The highest BCUT2D eigenvalue weighted by molar-refractivity contribution is 7.93. The van der Waals surface area contributed by atoms with Gasteiger partial charge in [0.25, 0.3) is 5.56 Å². The highest BCUT2D eigenvalue weighted by Gasteiger charge is 2.16.